The van der Waals surface area contributed by atoms with Gasteiger partial charge in [-0.15, -0.1) is 0 Å². The summed E-state index contributed by atoms with van der Waals surface area (Å²) in [7, 11) is 1.37. The van der Waals surface area contributed by atoms with Crippen LogP contribution < -0.4 is 5.32 Å². The molecule has 0 amide bonds. The van der Waals surface area contributed by atoms with E-state index in [4.69, 9.17) is 5.26 Å². The van der Waals surface area contributed by atoms with Gasteiger partial charge in [0.2, 0.25) is 0 Å². The molecule has 5 nitrogen and oxygen atoms in total. The molecule has 22 heavy (non-hydrogen) atoms. The van der Waals surface area contributed by atoms with Crippen molar-refractivity contribution in [2.75, 3.05) is 19.0 Å². The minimum Gasteiger partial charge on any atom is -0.465 e. The normalized spacial score (nSPS) is 9.86. The standard InChI is InChI=1S/C17H17N3O2/c1-12-15(11-18)7-8-16(20-12)19-10-9-13-3-5-14(6-4-13)17(21)22-2/h3-8H,9-10H2,1-2H3,(H,19,20). The number of nitrogens with zero attached hydrogens (tertiary/aromatic N) is 2. The number of hydrogen-bond acceptors (Lipinski definition) is 5. The van der Waals surface area contributed by atoms with Crippen LogP contribution in [-0.4, -0.2) is 24.6 Å². The quantitative estimate of drug-likeness (QED) is 0.858. The van der Waals surface area contributed by atoms with Crippen LogP contribution in [-0.2, 0) is 11.2 Å². The monoisotopic (exact) mass is 295 g/mol. The minimum atomic E-state index is -0.332. The summed E-state index contributed by atoms with van der Waals surface area (Å²) in [5.74, 6) is 0.421. The Kier molecular flexibility index (Phi) is 5.10. The fourth-order valence-electron chi connectivity index (χ4n) is 2.04. The Bertz CT molecular complexity index is 703. The highest BCUT2D eigenvalue weighted by molar-refractivity contribution is 5.89. The Morgan fingerprint density at radius 1 is 1.27 bits per heavy atom. The summed E-state index contributed by atoms with van der Waals surface area (Å²) in [4.78, 5) is 15.7. The van der Waals surface area contributed by atoms with Gasteiger partial charge in [0.1, 0.15) is 11.9 Å². The summed E-state index contributed by atoms with van der Waals surface area (Å²) in [6.07, 6.45) is 0.808. The Morgan fingerprint density at radius 3 is 2.59 bits per heavy atom. The number of rotatable bonds is 5. The zero-order valence-electron chi connectivity index (χ0n) is 12.6. The van der Waals surface area contributed by atoms with Crippen molar-refractivity contribution >= 4 is 11.8 Å². The molecule has 0 atom stereocenters. The van der Waals surface area contributed by atoms with Crippen molar-refractivity contribution in [3.05, 3.63) is 58.8 Å². The SMILES string of the molecule is COC(=O)c1ccc(CCNc2ccc(C#N)c(C)n2)cc1. The smallest absolute Gasteiger partial charge is 0.337 e. The molecule has 0 aliphatic rings. The van der Waals surface area contributed by atoms with Gasteiger partial charge in [-0.05, 0) is 43.2 Å². The molecule has 1 aromatic carbocycles. The lowest BCUT2D eigenvalue weighted by molar-refractivity contribution is 0.0600. The predicted molar refractivity (Wildman–Crippen MR) is 83.7 cm³/mol. The molecule has 0 radical (unpaired) electrons. The lowest BCUT2D eigenvalue weighted by Gasteiger charge is -2.07. The number of aryl methyl sites for hydroxylation is 1. The number of aromatic nitrogens is 1. The van der Waals surface area contributed by atoms with Crippen LogP contribution >= 0.6 is 0 Å². The van der Waals surface area contributed by atoms with E-state index >= 15 is 0 Å². The Labute approximate surface area is 129 Å². The molecule has 0 fully saturated rings. The van der Waals surface area contributed by atoms with Crippen LogP contribution in [0.3, 0.4) is 0 Å². The van der Waals surface area contributed by atoms with Crippen molar-refractivity contribution in [3.63, 3.8) is 0 Å². The van der Waals surface area contributed by atoms with Crippen molar-refractivity contribution in [2.45, 2.75) is 13.3 Å². The van der Waals surface area contributed by atoms with Crippen molar-refractivity contribution in [1.29, 1.82) is 5.26 Å². The second-order valence-electron chi connectivity index (χ2n) is 4.81. The summed E-state index contributed by atoms with van der Waals surface area (Å²) < 4.78 is 4.66. The first kappa shape index (κ1) is 15.5. The van der Waals surface area contributed by atoms with Crippen LogP contribution in [0.15, 0.2) is 36.4 Å². The third-order valence-electron chi connectivity index (χ3n) is 3.30. The molecular weight excluding hydrogens is 278 g/mol. The van der Waals surface area contributed by atoms with Crippen LogP contribution in [0.4, 0.5) is 5.82 Å². The average molecular weight is 295 g/mol. The fourth-order valence-corrected chi connectivity index (χ4v) is 2.04. The number of carbonyl (C=O) groups excluding carboxylic acids is 1. The van der Waals surface area contributed by atoms with Crippen LogP contribution in [0, 0.1) is 18.3 Å². The molecule has 0 spiro atoms. The van der Waals surface area contributed by atoms with Crippen LogP contribution in [0.25, 0.3) is 0 Å². The molecule has 5 heteroatoms. The van der Waals surface area contributed by atoms with E-state index in [-0.39, 0.29) is 5.97 Å². The predicted octanol–water partition coefficient (Wildman–Crippen LogP) is 2.70. The molecule has 112 valence electrons. The molecule has 1 N–H and O–H groups in total. The Balaban J connectivity index is 1.90. The summed E-state index contributed by atoms with van der Waals surface area (Å²) >= 11 is 0. The van der Waals surface area contributed by atoms with E-state index in [1.54, 1.807) is 24.3 Å². The maximum absolute atomic E-state index is 11.3. The van der Waals surface area contributed by atoms with Gasteiger partial charge in [0.05, 0.1) is 23.9 Å². The number of ether oxygens (including phenoxy) is 1. The number of nitrogens with one attached hydrogen (secondary N) is 1. The highest BCUT2D eigenvalue weighted by Gasteiger charge is 2.04. The lowest BCUT2D eigenvalue weighted by Crippen LogP contribution is -2.07. The largest absolute Gasteiger partial charge is 0.465 e. The number of carbonyl (C=O) groups is 1. The third kappa shape index (κ3) is 3.83. The number of benzene rings is 1. The van der Waals surface area contributed by atoms with Crippen molar-refractivity contribution in [1.82, 2.24) is 4.98 Å². The summed E-state index contributed by atoms with van der Waals surface area (Å²) in [6.45, 7) is 2.53. The molecule has 1 aromatic heterocycles. The first-order valence-corrected chi connectivity index (χ1v) is 6.93. The van der Waals surface area contributed by atoms with E-state index in [0.717, 1.165) is 30.0 Å². The number of hydrogen-bond donors (Lipinski definition) is 1. The molecule has 0 saturated carbocycles. The molecule has 0 aliphatic carbocycles. The molecule has 0 unspecified atom stereocenters. The Hall–Kier alpha value is -2.87. The first-order valence-electron chi connectivity index (χ1n) is 6.93. The van der Waals surface area contributed by atoms with Gasteiger partial charge in [0.25, 0.3) is 0 Å². The topological polar surface area (TPSA) is 75.0 Å². The molecule has 2 aromatic rings. The van der Waals surface area contributed by atoms with E-state index in [1.807, 2.05) is 19.1 Å². The van der Waals surface area contributed by atoms with Crippen molar-refractivity contribution in [3.8, 4) is 6.07 Å². The maximum Gasteiger partial charge on any atom is 0.337 e. The molecule has 2 rings (SSSR count). The van der Waals surface area contributed by atoms with E-state index < -0.39 is 0 Å². The molecule has 0 aliphatic heterocycles. The van der Waals surface area contributed by atoms with Gasteiger partial charge in [-0.3, -0.25) is 0 Å². The van der Waals surface area contributed by atoms with E-state index in [9.17, 15) is 4.79 Å². The average Bonchev–Trinajstić information content (AvgIpc) is 2.55. The van der Waals surface area contributed by atoms with E-state index in [0.29, 0.717) is 11.1 Å². The fraction of sp³-hybridized carbons (Fsp3) is 0.235. The number of esters is 1. The van der Waals surface area contributed by atoms with Gasteiger partial charge < -0.3 is 10.1 Å². The lowest BCUT2D eigenvalue weighted by atomic mass is 10.1. The number of anilines is 1. The van der Waals surface area contributed by atoms with Gasteiger partial charge in [-0.1, -0.05) is 12.1 Å². The molecular formula is C17H17N3O2. The third-order valence-corrected chi connectivity index (χ3v) is 3.30. The van der Waals surface area contributed by atoms with Gasteiger partial charge >= 0.3 is 5.97 Å². The summed E-state index contributed by atoms with van der Waals surface area (Å²) in [5, 5.41) is 12.1. The van der Waals surface area contributed by atoms with Gasteiger partial charge in [0.15, 0.2) is 0 Å². The van der Waals surface area contributed by atoms with E-state index in [2.05, 4.69) is 21.1 Å². The summed E-state index contributed by atoms with van der Waals surface area (Å²) in [6, 6.07) is 13.0. The number of methoxy groups -OCH3 is 1. The highest BCUT2D eigenvalue weighted by Crippen LogP contribution is 2.10. The van der Waals surface area contributed by atoms with Gasteiger partial charge in [-0.2, -0.15) is 5.26 Å². The minimum absolute atomic E-state index is 0.332. The van der Waals surface area contributed by atoms with Gasteiger partial charge in [-0.25, -0.2) is 9.78 Å². The molecule has 1 heterocycles. The Morgan fingerprint density at radius 2 is 2.00 bits per heavy atom. The van der Waals surface area contributed by atoms with Crippen molar-refractivity contribution < 1.29 is 9.53 Å². The van der Waals surface area contributed by atoms with Crippen LogP contribution in [0.5, 0.6) is 0 Å². The maximum atomic E-state index is 11.3. The van der Waals surface area contributed by atoms with Gasteiger partial charge in [0, 0.05) is 6.54 Å². The highest BCUT2D eigenvalue weighted by atomic mass is 16.5. The van der Waals surface area contributed by atoms with Crippen LogP contribution in [0.1, 0.15) is 27.2 Å². The zero-order chi connectivity index (χ0) is 15.9. The molecule has 0 bridgehead atoms. The second-order valence-corrected chi connectivity index (χ2v) is 4.81. The molecule has 0 saturated heterocycles. The second kappa shape index (κ2) is 7.23. The first-order chi connectivity index (χ1) is 10.6. The zero-order valence-corrected chi connectivity index (χ0v) is 12.6. The van der Waals surface area contributed by atoms with Crippen LogP contribution in [0.2, 0.25) is 0 Å². The summed E-state index contributed by atoms with van der Waals surface area (Å²) in [5.41, 5.74) is 2.97. The van der Waals surface area contributed by atoms with Crippen molar-refractivity contribution in [2.24, 2.45) is 0 Å². The van der Waals surface area contributed by atoms with E-state index in [1.165, 1.54) is 7.11 Å². The number of pyridine rings is 1. The number of nitriles is 1.